The third-order valence-corrected chi connectivity index (χ3v) is 4.36. The Hall–Kier alpha value is -2.14. The van der Waals surface area contributed by atoms with Crippen LogP contribution in [0.25, 0.3) is 0 Å². The summed E-state index contributed by atoms with van der Waals surface area (Å²) in [5.41, 5.74) is 7.31. The predicted octanol–water partition coefficient (Wildman–Crippen LogP) is 2.55. The van der Waals surface area contributed by atoms with Gasteiger partial charge in [-0.15, -0.1) is 0 Å². The van der Waals surface area contributed by atoms with Crippen LogP contribution < -0.4 is 10.6 Å². The van der Waals surface area contributed by atoms with Crippen LogP contribution in [0.2, 0.25) is 5.15 Å². The molecule has 1 aromatic carbocycles. The van der Waals surface area contributed by atoms with Gasteiger partial charge in [0.1, 0.15) is 17.3 Å². The van der Waals surface area contributed by atoms with Gasteiger partial charge in [0.2, 0.25) is 5.91 Å². The number of benzene rings is 1. The number of carbonyl (C=O) groups is 1. The van der Waals surface area contributed by atoms with Crippen molar-refractivity contribution in [1.29, 1.82) is 0 Å². The largest absolute Gasteiger partial charge is 0.369 e. The first kappa shape index (κ1) is 15.7. The van der Waals surface area contributed by atoms with E-state index < -0.39 is 5.91 Å². The molecule has 0 bridgehead atoms. The number of piperidine rings is 1. The van der Waals surface area contributed by atoms with E-state index in [4.69, 9.17) is 17.3 Å². The van der Waals surface area contributed by atoms with Crippen LogP contribution in [-0.4, -0.2) is 29.0 Å². The van der Waals surface area contributed by atoms with Gasteiger partial charge >= 0.3 is 0 Å². The number of halogens is 1. The summed E-state index contributed by atoms with van der Waals surface area (Å²) in [4.78, 5) is 21.3. The summed E-state index contributed by atoms with van der Waals surface area (Å²) in [5, 5.41) is 0.471. The molecule has 0 unspecified atom stereocenters. The molecule has 6 heteroatoms. The number of carbonyl (C=O) groups excluding carboxylic acids is 1. The van der Waals surface area contributed by atoms with Crippen LogP contribution in [0, 0.1) is 6.42 Å². The van der Waals surface area contributed by atoms with Gasteiger partial charge in [-0.3, -0.25) is 4.79 Å². The average molecular weight is 330 g/mol. The number of amides is 1. The molecule has 1 fully saturated rings. The maximum atomic E-state index is 10.9. The van der Waals surface area contributed by atoms with Gasteiger partial charge < -0.3 is 10.6 Å². The van der Waals surface area contributed by atoms with Gasteiger partial charge in [-0.05, 0) is 29.9 Å². The van der Waals surface area contributed by atoms with E-state index in [1.54, 1.807) is 6.07 Å². The molecule has 23 heavy (non-hydrogen) atoms. The monoisotopic (exact) mass is 329 g/mol. The molecule has 2 aromatic rings. The quantitative estimate of drug-likeness (QED) is 0.875. The van der Waals surface area contributed by atoms with Crippen molar-refractivity contribution in [3.63, 3.8) is 0 Å². The lowest BCUT2D eigenvalue weighted by Gasteiger charge is -2.33. The summed E-state index contributed by atoms with van der Waals surface area (Å²) in [6, 6.07) is 9.84. The minimum absolute atomic E-state index is 0.422. The van der Waals surface area contributed by atoms with E-state index >= 15 is 0 Å². The van der Waals surface area contributed by atoms with Crippen LogP contribution in [0.3, 0.4) is 0 Å². The summed E-state index contributed by atoms with van der Waals surface area (Å²) >= 11 is 5.93. The SMILES string of the molecule is NC(=O)[CH]c1ccc(C2CCN(c3cc(Cl)ncn3)CC2)cc1. The van der Waals surface area contributed by atoms with Crippen molar-refractivity contribution >= 4 is 23.3 Å². The summed E-state index contributed by atoms with van der Waals surface area (Å²) < 4.78 is 0. The number of anilines is 1. The van der Waals surface area contributed by atoms with Crippen LogP contribution in [-0.2, 0) is 4.79 Å². The highest BCUT2D eigenvalue weighted by molar-refractivity contribution is 6.29. The predicted molar refractivity (Wildman–Crippen MR) is 90.3 cm³/mol. The Morgan fingerprint density at radius 3 is 2.52 bits per heavy atom. The lowest BCUT2D eigenvalue weighted by Crippen LogP contribution is -2.33. The number of nitrogens with two attached hydrogens (primary N) is 1. The molecule has 2 heterocycles. The van der Waals surface area contributed by atoms with Crippen molar-refractivity contribution < 1.29 is 4.79 Å². The third kappa shape index (κ3) is 3.99. The fourth-order valence-electron chi connectivity index (χ4n) is 2.97. The molecule has 2 N–H and O–H groups in total. The molecule has 0 aliphatic carbocycles. The van der Waals surface area contributed by atoms with Crippen molar-refractivity contribution in [2.75, 3.05) is 18.0 Å². The Labute approximate surface area is 140 Å². The van der Waals surface area contributed by atoms with Gasteiger partial charge in [0.15, 0.2) is 0 Å². The van der Waals surface area contributed by atoms with Crippen LogP contribution in [0.4, 0.5) is 5.82 Å². The zero-order valence-electron chi connectivity index (χ0n) is 12.7. The second-order valence-electron chi connectivity index (χ2n) is 5.67. The number of primary amides is 1. The van der Waals surface area contributed by atoms with Crippen molar-refractivity contribution in [3.05, 3.63) is 59.4 Å². The van der Waals surface area contributed by atoms with Crippen LogP contribution in [0.15, 0.2) is 36.7 Å². The molecule has 1 amide bonds. The molecule has 1 aliphatic heterocycles. The first-order valence-corrected chi connectivity index (χ1v) is 7.96. The Balaban J connectivity index is 1.61. The topological polar surface area (TPSA) is 72.1 Å². The molecular weight excluding hydrogens is 312 g/mol. The molecular formula is C17H18ClN4O. The molecule has 0 atom stereocenters. The first-order chi connectivity index (χ1) is 11.1. The highest BCUT2D eigenvalue weighted by atomic mass is 35.5. The number of hydrogen-bond donors (Lipinski definition) is 1. The van der Waals surface area contributed by atoms with E-state index in [9.17, 15) is 4.79 Å². The Bertz CT molecular complexity index is 681. The van der Waals surface area contributed by atoms with E-state index in [1.807, 2.05) is 12.1 Å². The highest BCUT2D eigenvalue weighted by Crippen LogP contribution is 2.30. The van der Waals surface area contributed by atoms with Crippen LogP contribution >= 0.6 is 11.6 Å². The number of rotatable bonds is 4. The van der Waals surface area contributed by atoms with Crippen molar-refractivity contribution in [2.24, 2.45) is 5.73 Å². The molecule has 1 radical (unpaired) electrons. The second kappa shape index (κ2) is 6.96. The van der Waals surface area contributed by atoms with E-state index in [0.29, 0.717) is 11.1 Å². The summed E-state index contributed by atoms with van der Waals surface area (Å²) in [7, 11) is 0. The van der Waals surface area contributed by atoms with Gasteiger partial charge in [-0.1, -0.05) is 35.9 Å². The molecule has 5 nitrogen and oxygen atoms in total. The van der Waals surface area contributed by atoms with Crippen molar-refractivity contribution in [3.8, 4) is 0 Å². The maximum absolute atomic E-state index is 10.9. The van der Waals surface area contributed by atoms with Crippen LogP contribution in [0.5, 0.6) is 0 Å². The normalized spacial score (nSPS) is 15.6. The van der Waals surface area contributed by atoms with E-state index in [1.165, 1.54) is 18.3 Å². The first-order valence-electron chi connectivity index (χ1n) is 7.58. The molecule has 1 saturated heterocycles. The Morgan fingerprint density at radius 2 is 1.91 bits per heavy atom. The summed E-state index contributed by atoms with van der Waals surface area (Å²) in [5.74, 6) is 0.982. The zero-order valence-corrected chi connectivity index (χ0v) is 13.4. The van der Waals surface area contributed by atoms with Crippen molar-refractivity contribution in [2.45, 2.75) is 18.8 Å². The highest BCUT2D eigenvalue weighted by Gasteiger charge is 2.21. The maximum Gasteiger partial charge on any atom is 0.226 e. The average Bonchev–Trinajstić information content (AvgIpc) is 2.55. The molecule has 0 saturated carbocycles. The minimum atomic E-state index is -0.422. The van der Waals surface area contributed by atoms with Gasteiger partial charge in [0, 0.05) is 19.2 Å². The molecule has 1 aromatic heterocycles. The molecule has 1 aliphatic rings. The Morgan fingerprint density at radius 1 is 1.22 bits per heavy atom. The van der Waals surface area contributed by atoms with Gasteiger partial charge in [0.25, 0.3) is 0 Å². The van der Waals surface area contributed by atoms with E-state index in [0.717, 1.165) is 37.3 Å². The van der Waals surface area contributed by atoms with Gasteiger partial charge in [-0.2, -0.15) is 0 Å². The smallest absolute Gasteiger partial charge is 0.226 e. The second-order valence-corrected chi connectivity index (χ2v) is 6.06. The van der Waals surface area contributed by atoms with Crippen molar-refractivity contribution in [1.82, 2.24) is 9.97 Å². The lowest BCUT2D eigenvalue weighted by atomic mass is 9.89. The van der Waals surface area contributed by atoms with E-state index in [2.05, 4.69) is 27.0 Å². The number of hydrogen-bond acceptors (Lipinski definition) is 4. The fraction of sp³-hybridized carbons (Fsp3) is 0.294. The molecule has 0 spiro atoms. The lowest BCUT2D eigenvalue weighted by molar-refractivity contribution is -0.114. The molecule has 3 rings (SSSR count). The Kier molecular flexibility index (Phi) is 4.76. The number of nitrogens with zero attached hydrogens (tertiary/aromatic N) is 3. The standard InChI is InChI=1S/C17H18ClN4O/c18-15-10-17(21-11-20-15)22-7-5-14(6-8-22)13-3-1-12(2-4-13)9-16(19)23/h1-4,9-11,14H,5-8H2,(H2,19,23). The fourth-order valence-corrected chi connectivity index (χ4v) is 3.11. The minimum Gasteiger partial charge on any atom is -0.369 e. The zero-order chi connectivity index (χ0) is 16.2. The third-order valence-electron chi connectivity index (χ3n) is 4.16. The summed E-state index contributed by atoms with van der Waals surface area (Å²) in [6.45, 7) is 1.88. The number of aromatic nitrogens is 2. The van der Waals surface area contributed by atoms with Gasteiger partial charge in [0.05, 0.1) is 6.42 Å². The van der Waals surface area contributed by atoms with E-state index in [-0.39, 0.29) is 0 Å². The summed E-state index contributed by atoms with van der Waals surface area (Å²) in [6.07, 6.45) is 5.05. The van der Waals surface area contributed by atoms with Crippen LogP contribution in [0.1, 0.15) is 29.9 Å². The molecule has 119 valence electrons. The van der Waals surface area contributed by atoms with Gasteiger partial charge in [-0.25, -0.2) is 9.97 Å².